The first-order chi connectivity index (χ1) is 11.4. The Bertz CT molecular complexity index is 254. The Hall–Kier alpha value is 0.110. The molecule has 0 aromatic rings. The highest BCUT2D eigenvalue weighted by Gasteiger charge is 2.15. The Balaban J connectivity index is 1.87. The summed E-state index contributed by atoms with van der Waals surface area (Å²) in [5, 5.41) is 3.35. The molecule has 1 aliphatic rings. The molecule has 0 aromatic carbocycles. The lowest BCUT2D eigenvalue weighted by Crippen LogP contribution is -2.48. The van der Waals surface area contributed by atoms with E-state index in [1.54, 1.807) is 11.9 Å². The molecule has 0 bridgehead atoms. The van der Waals surface area contributed by atoms with Crippen LogP contribution in [-0.4, -0.2) is 101 Å². The summed E-state index contributed by atoms with van der Waals surface area (Å²) < 4.78 is 14.5. The molecule has 138 valence electrons. The Morgan fingerprint density at radius 1 is 0.826 bits per heavy atom. The summed E-state index contributed by atoms with van der Waals surface area (Å²) >= 11 is 1.64. The maximum atomic E-state index is 5.68. The average Bonchev–Trinajstić information content (AvgIpc) is 2.58. The molecular formula is C16H36N4O2S. The Morgan fingerprint density at radius 3 is 1.91 bits per heavy atom. The third kappa shape index (κ3) is 12.2. The van der Waals surface area contributed by atoms with Crippen LogP contribution in [0.2, 0.25) is 0 Å². The second-order valence-electron chi connectivity index (χ2n) is 5.76. The smallest absolute Gasteiger partial charge is 0.0600 e. The molecule has 1 fully saturated rings. The van der Waals surface area contributed by atoms with Crippen LogP contribution >= 0.6 is 11.9 Å². The van der Waals surface area contributed by atoms with Crippen LogP contribution in [-0.2, 0) is 9.47 Å². The second kappa shape index (κ2) is 15.6. The van der Waals surface area contributed by atoms with Crippen molar-refractivity contribution >= 4 is 11.9 Å². The first kappa shape index (κ1) is 21.2. The lowest BCUT2D eigenvalue weighted by molar-refractivity contribution is 0.0585. The standard InChI is InChI=1S/C16H36N4O2S/c1-3-4-17-5-13-21-15-11-19-7-9-20(10-8-19)12-16-22-14-6-18-23-2/h17-18H,3-16H2,1-2H3. The van der Waals surface area contributed by atoms with Crippen LogP contribution in [0, 0.1) is 0 Å². The van der Waals surface area contributed by atoms with Crippen LogP contribution in [0.3, 0.4) is 0 Å². The minimum absolute atomic E-state index is 0.797. The van der Waals surface area contributed by atoms with Gasteiger partial charge in [0, 0.05) is 52.4 Å². The molecule has 0 aromatic heterocycles. The van der Waals surface area contributed by atoms with E-state index in [4.69, 9.17) is 9.47 Å². The fraction of sp³-hybridized carbons (Fsp3) is 1.00. The molecule has 1 saturated heterocycles. The summed E-state index contributed by atoms with van der Waals surface area (Å²) in [6.07, 6.45) is 3.22. The third-order valence-electron chi connectivity index (χ3n) is 3.91. The highest BCUT2D eigenvalue weighted by molar-refractivity contribution is 7.96. The third-order valence-corrected chi connectivity index (χ3v) is 4.40. The van der Waals surface area contributed by atoms with Gasteiger partial charge in [0.1, 0.15) is 0 Å². The van der Waals surface area contributed by atoms with Crippen LogP contribution < -0.4 is 10.0 Å². The van der Waals surface area contributed by atoms with E-state index in [9.17, 15) is 0 Å². The molecule has 0 amide bonds. The zero-order chi connectivity index (χ0) is 16.6. The zero-order valence-corrected chi connectivity index (χ0v) is 15.8. The summed E-state index contributed by atoms with van der Waals surface area (Å²) in [5.41, 5.74) is 0. The predicted octanol–water partition coefficient (Wildman–Crippen LogP) is 0.504. The van der Waals surface area contributed by atoms with Crippen LogP contribution in [0.4, 0.5) is 0 Å². The number of piperazine rings is 1. The minimum Gasteiger partial charge on any atom is -0.379 e. The van der Waals surface area contributed by atoms with Crippen LogP contribution in [0.25, 0.3) is 0 Å². The Morgan fingerprint density at radius 2 is 1.39 bits per heavy atom. The lowest BCUT2D eigenvalue weighted by Gasteiger charge is -2.34. The fourth-order valence-electron chi connectivity index (χ4n) is 2.49. The summed E-state index contributed by atoms with van der Waals surface area (Å²) in [4.78, 5) is 4.99. The van der Waals surface area contributed by atoms with E-state index in [-0.39, 0.29) is 0 Å². The van der Waals surface area contributed by atoms with Crippen molar-refractivity contribution in [2.75, 3.05) is 91.6 Å². The molecule has 0 atom stereocenters. The van der Waals surface area contributed by atoms with Gasteiger partial charge in [-0.25, -0.2) is 0 Å². The average molecular weight is 349 g/mol. The van der Waals surface area contributed by atoms with Crippen molar-refractivity contribution in [3.8, 4) is 0 Å². The summed E-state index contributed by atoms with van der Waals surface area (Å²) in [7, 11) is 0. The van der Waals surface area contributed by atoms with Crippen molar-refractivity contribution in [1.82, 2.24) is 19.8 Å². The predicted molar refractivity (Wildman–Crippen MR) is 99.2 cm³/mol. The minimum atomic E-state index is 0.797. The van der Waals surface area contributed by atoms with Gasteiger partial charge in [0.2, 0.25) is 0 Å². The van der Waals surface area contributed by atoms with Gasteiger partial charge in [-0.2, -0.15) is 0 Å². The van der Waals surface area contributed by atoms with Gasteiger partial charge in [0.05, 0.1) is 26.4 Å². The molecule has 2 N–H and O–H groups in total. The van der Waals surface area contributed by atoms with Crippen molar-refractivity contribution in [3.05, 3.63) is 0 Å². The highest BCUT2D eigenvalue weighted by atomic mass is 32.2. The van der Waals surface area contributed by atoms with Crippen molar-refractivity contribution < 1.29 is 9.47 Å². The van der Waals surface area contributed by atoms with E-state index >= 15 is 0 Å². The molecule has 0 radical (unpaired) electrons. The van der Waals surface area contributed by atoms with Gasteiger partial charge in [-0.3, -0.25) is 14.5 Å². The number of nitrogens with zero attached hydrogens (tertiary/aromatic N) is 2. The van der Waals surface area contributed by atoms with Crippen LogP contribution in [0.15, 0.2) is 0 Å². The van der Waals surface area contributed by atoms with E-state index in [1.807, 2.05) is 6.26 Å². The maximum absolute atomic E-state index is 5.68. The second-order valence-corrected chi connectivity index (χ2v) is 6.45. The molecule has 0 unspecified atom stereocenters. The van der Waals surface area contributed by atoms with Crippen molar-refractivity contribution in [3.63, 3.8) is 0 Å². The molecule has 7 heteroatoms. The summed E-state index contributed by atoms with van der Waals surface area (Å²) in [5.74, 6) is 0. The SMILES string of the molecule is CCCNCCOCCN1CCN(CCOCCNSC)CC1. The van der Waals surface area contributed by atoms with Crippen molar-refractivity contribution in [1.29, 1.82) is 0 Å². The van der Waals surface area contributed by atoms with E-state index in [2.05, 4.69) is 26.8 Å². The van der Waals surface area contributed by atoms with Gasteiger partial charge < -0.3 is 14.8 Å². The van der Waals surface area contributed by atoms with Gasteiger partial charge >= 0.3 is 0 Å². The van der Waals surface area contributed by atoms with Crippen molar-refractivity contribution in [2.45, 2.75) is 13.3 Å². The number of nitrogens with one attached hydrogen (secondary N) is 2. The molecule has 0 saturated carbocycles. The largest absolute Gasteiger partial charge is 0.379 e. The van der Waals surface area contributed by atoms with Gasteiger partial charge in [0.15, 0.2) is 0 Å². The molecule has 23 heavy (non-hydrogen) atoms. The van der Waals surface area contributed by atoms with E-state index in [1.165, 1.54) is 6.42 Å². The Labute approximate surface area is 146 Å². The van der Waals surface area contributed by atoms with Gasteiger partial charge in [0.25, 0.3) is 0 Å². The van der Waals surface area contributed by atoms with E-state index in [0.717, 1.165) is 85.3 Å². The fourth-order valence-corrected chi connectivity index (χ4v) is 2.78. The first-order valence-corrected chi connectivity index (χ1v) is 10.2. The van der Waals surface area contributed by atoms with E-state index in [0.29, 0.717) is 0 Å². The molecule has 6 nitrogen and oxygen atoms in total. The number of ether oxygens (including phenoxy) is 2. The van der Waals surface area contributed by atoms with Crippen LogP contribution in [0.5, 0.6) is 0 Å². The van der Waals surface area contributed by atoms with Crippen LogP contribution in [0.1, 0.15) is 13.3 Å². The summed E-state index contributed by atoms with van der Waals surface area (Å²) in [6.45, 7) is 15.1. The Kier molecular flexibility index (Phi) is 14.4. The number of hydrogen-bond acceptors (Lipinski definition) is 7. The molecule has 1 heterocycles. The number of rotatable bonds is 15. The molecule has 0 spiro atoms. The lowest BCUT2D eigenvalue weighted by atomic mass is 10.3. The zero-order valence-electron chi connectivity index (χ0n) is 15.0. The highest BCUT2D eigenvalue weighted by Crippen LogP contribution is 2.01. The monoisotopic (exact) mass is 348 g/mol. The normalized spacial score (nSPS) is 17.0. The van der Waals surface area contributed by atoms with Gasteiger partial charge in [-0.05, 0) is 19.2 Å². The van der Waals surface area contributed by atoms with Crippen molar-refractivity contribution in [2.24, 2.45) is 0 Å². The molecule has 1 aliphatic heterocycles. The van der Waals surface area contributed by atoms with Gasteiger partial charge in [-0.15, -0.1) is 0 Å². The topological polar surface area (TPSA) is 49.0 Å². The van der Waals surface area contributed by atoms with E-state index < -0.39 is 0 Å². The molecule has 0 aliphatic carbocycles. The van der Waals surface area contributed by atoms with Gasteiger partial charge in [-0.1, -0.05) is 18.9 Å². The number of hydrogen-bond donors (Lipinski definition) is 2. The maximum Gasteiger partial charge on any atom is 0.0600 e. The molecule has 1 rings (SSSR count). The molecular weight excluding hydrogens is 312 g/mol. The first-order valence-electron chi connectivity index (χ1n) is 8.93. The quantitative estimate of drug-likeness (QED) is 0.330. The summed E-state index contributed by atoms with van der Waals surface area (Å²) in [6, 6.07) is 0.